The summed E-state index contributed by atoms with van der Waals surface area (Å²) in [4.78, 5) is -0.171. The monoisotopic (exact) mass is 215 g/mol. The van der Waals surface area contributed by atoms with Crippen LogP contribution in [0.3, 0.4) is 0 Å². The number of benzene rings is 1. The van der Waals surface area contributed by atoms with Gasteiger partial charge in [-0.05, 0) is 17.5 Å². The minimum atomic E-state index is -3.86. The van der Waals surface area contributed by atoms with Gasteiger partial charge in [0.1, 0.15) is 10.6 Å². The SMILES string of the molecule is CC(C)c1cccc(O)c1S(N)(=O)=O. The Morgan fingerprint density at radius 1 is 1.36 bits per heavy atom. The summed E-state index contributed by atoms with van der Waals surface area (Å²) < 4.78 is 22.4. The fraction of sp³-hybridized carbons (Fsp3) is 0.333. The van der Waals surface area contributed by atoms with E-state index in [1.807, 2.05) is 13.8 Å². The van der Waals surface area contributed by atoms with Gasteiger partial charge in [0.15, 0.2) is 0 Å². The first-order chi connectivity index (χ1) is 6.34. The lowest BCUT2D eigenvalue weighted by molar-refractivity contribution is 0.456. The summed E-state index contributed by atoms with van der Waals surface area (Å²) in [6.45, 7) is 3.67. The van der Waals surface area contributed by atoms with Crippen LogP contribution in [0.5, 0.6) is 5.75 Å². The second-order valence-corrected chi connectivity index (χ2v) is 4.89. The van der Waals surface area contributed by atoms with Crippen molar-refractivity contribution in [3.63, 3.8) is 0 Å². The van der Waals surface area contributed by atoms with E-state index in [9.17, 15) is 13.5 Å². The Labute approximate surface area is 83.4 Å². The van der Waals surface area contributed by atoms with Gasteiger partial charge in [0.2, 0.25) is 10.0 Å². The minimum absolute atomic E-state index is 0.00424. The van der Waals surface area contributed by atoms with Crippen LogP contribution in [-0.2, 0) is 10.0 Å². The van der Waals surface area contributed by atoms with Crippen molar-refractivity contribution >= 4 is 10.0 Å². The second kappa shape index (κ2) is 3.59. The predicted octanol–water partition coefficient (Wildman–Crippen LogP) is 1.16. The number of hydrogen-bond acceptors (Lipinski definition) is 3. The van der Waals surface area contributed by atoms with Gasteiger partial charge in [-0.2, -0.15) is 0 Å². The molecule has 0 unspecified atom stereocenters. The fourth-order valence-corrected chi connectivity index (χ4v) is 2.30. The highest BCUT2D eigenvalue weighted by atomic mass is 32.2. The minimum Gasteiger partial charge on any atom is -0.507 e. The maximum Gasteiger partial charge on any atom is 0.242 e. The van der Waals surface area contributed by atoms with Crippen LogP contribution in [0.1, 0.15) is 25.3 Å². The van der Waals surface area contributed by atoms with Gasteiger partial charge in [0, 0.05) is 0 Å². The topological polar surface area (TPSA) is 80.4 Å². The second-order valence-electron chi connectivity index (χ2n) is 3.40. The number of primary sulfonamides is 1. The molecule has 0 amide bonds. The van der Waals surface area contributed by atoms with E-state index in [4.69, 9.17) is 5.14 Å². The van der Waals surface area contributed by atoms with E-state index in [0.29, 0.717) is 5.56 Å². The zero-order valence-corrected chi connectivity index (χ0v) is 8.88. The van der Waals surface area contributed by atoms with E-state index in [-0.39, 0.29) is 16.6 Å². The predicted molar refractivity (Wildman–Crippen MR) is 53.6 cm³/mol. The average Bonchev–Trinajstić information content (AvgIpc) is 2.01. The maximum absolute atomic E-state index is 11.2. The molecular formula is C9H13NO3S. The number of phenolic OH excluding ortho intramolecular Hbond substituents is 1. The Morgan fingerprint density at radius 3 is 2.29 bits per heavy atom. The molecule has 0 aliphatic heterocycles. The van der Waals surface area contributed by atoms with Crippen LogP contribution < -0.4 is 5.14 Å². The number of sulfonamides is 1. The molecule has 0 saturated carbocycles. The Hall–Kier alpha value is -1.07. The van der Waals surface area contributed by atoms with Crippen LogP contribution in [0, 0.1) is 0 Å². The molecule has 0 atom stereocenters. The smallest absolute Gasteiger partial charge is 0.242 e. The number of nitrogens with two attached hydrogens (primary N) is 1. The zero-order valence-electron chi connectivity index (χ0n) is 8.06. The van der Waals surface area contributed by atoms with Gasteiger partial charge < -0.3 is 5.11 Å². The highest BCUT2D eigenvalue weighted by Crippen LogP contribution is 2.29. The molecule has 0 radical (unpaired) electrons. The summed E-state index contributed by atoms with van der Waals surface area (Å²) in [6.07, 6.45) is 0. The van der Waals surface area contributed by atoms with E-state index < -0.39 is 10.0 Å². The van der Waals surface area contributed by atoms with Crippen LogP contribution in [-0.4, -0.2) is 13.5 Å². The summed E-state index contributed by atoms with van der Waals surface area (Å²) in [7, 11) is -3.86. The maximum atomic E-state index is 11.2. The van der Waals surface area contributed by atoms with E-state index in [0.717, 1.165) is 0 Å². The van der Waals surface area contributed by atoms with E-state index in [1.165, 1.54) is 6.07 Å². The van der Waals surface area contributed by atoms with Gasteiger partial charge in [-0.25, -0.2) is 13.6 Å². The van der Waals surface area contributed by atoms with Crippen LogP contribution >= 0.6 is 0 Å². The number of phenols is 1. The zero-order chi connectivity index (χ0) is 10.9. The molecule has 1 aromatic rings. The molecule has 1 rings (SSSR count). The van der Waals surface area contributed by atoms with Crippen LogP contribution in [0.15, 0.2) is 23.1 Å². The highest BCUT2D eigenvalue weighted by Gasteiger charge is 2.19. The fourth-order valence-electron chi connectivity index (χ4n) is 1.31. The van der Waals surface area contributed by atoms with Crippen molar-refractivity contribution in [2.45, 2.75) is 24.7 Å². The Balaban J connectivity index is 3.54. The molecule has 0 heterocycles. The van der Waals surface area contributed by atoms with Crippen LogP contribution in [0.2, 0.25) is 0 Å². The Kier molecular flexibility index (Phi) is 2.82. The van der Waals surface area contributed by atoms with Crippen LogP contribution in [0.25, 0.3) is 0 Å². The first-order valence-corrected chi connectivity index (χ1v) is 5.73. The molecule has 0 saturated heterocycles. The Bertz CT molecular complexity index is 437. The molecule has 0 aliphatic carbocycles. The van der Waals surface area contributed by atoms with Crippen molar-refractivity contribution in [3.8, 4) is 5.75 Å². The number of aromatic hydroxyl groups is 1. The van der Waals surface area contributed by atoms with E-state index in [2.05, 4.69) is 0 Å². The molecule has 0 aromatic heterocycles. The standard InChI is InChI=1S/C9H13NO3S/c1-6(2)7-4-3-5-8(11)9(7)14(10,12)13/h3-6,11H,1-2H3,(H2,10,12,13). The number of rotatable bonds is 2. The molecule has 1 aromatic carbocycles. The summed E-state index contributed by atoms with van der Waals surface area (Å²) in [6, 6.07) is 4.55. The molecule has 3 N–H and O–H groups in total. The normalized spacial score (nSPS) is 12.0. The lowest BCUT2D eigenvalue weighted by atomic mass is 10.0. The summed E-state index contributed by atoms with van der Waals surface area (Å²) in [5, 5.41) is 14.4. The van der Waals surface area contributed by atoms with Gasteiger partial charge in [0.05, 0.1) is 0 Å². The summed E-state index contributed by atoms with van der Waals surface area (Å²) in [5.41, 5.74) is 0.535. The largest absolute Gasteiger partial charge is 0.507 e. The first kappa shape index (κ1) is 11.0. The van der Waals surface area contributed by atoms with E-state index in [1.54, 1.807) is 12.1 Å². The lowest BCUT2D eigenvalue weighted by Crippen LogP contribution is -2.15. The van der Waals surface area contributed by atoms with Gasteiger partial charge >= 0.3 is 0 Å². The van der Waals surface area contributed by atoms with Gasteiger partial charge in [-0.3, -0.25) is 0 Å². The van der Waals surface area contributed by atoms with Crippen molar-refractivity contribution in [2.75, 3.05) is 0 Å². The van der Waals surface area contributed by atoms with Crippen molar-refractivity contribution < 1.29 is 13.5 Å². The molecule has 0 fully saturated rings. The average molecular weight is 215 g/mol. The first-order valence-electron chi connectivity index (χ1n) is 4.18. The molecule has 78 valence electrons. The summed E-state index contributed by atoms with van der Waals surface area (Å²) in [5.74, 6) is -0.297. The van der Waals surface area contributed by atoms with Gasteiger partial charge in [-0.1, -0.05) is 26.0 Å². The lowest BCUT2D eigenvalue weighted by Gasteiger charge is -2.11. The third kappa shape index (κ3) is 2.05. The number of hydrogen-bond donors (Lipinski definition) is 2. The third-order valence-corrected chi connectivity index (χ3v) is 2.95. The van der Waals surface area contributed by atoms with Crippen molar-refractivity contribution in [1.29, 1.82) is 0 Å². The summed E-state index contributed by atoms with van der Waals surface area (Å²) >= 11 is 0. The quantitative estimate of drug-likeness (QED) is 0.776. The molecule has 4 nitrogen and oxygen atoms in total. The van der Waals surface area contributed by atoms with E-state index >= 15 is 0 Å². The van der Waals surface area contributed by atoms with Crippen molar-refractivity contribution in [1.82, 2.24) is 0 Å². The van der Waals surface area contributed by atoms with Crippen LogP contribution in [0.4, 0.5) is 0 Å². The highest BCUT2D eigenvalue weighted by molar-refractivity contribution is 7.89. The molecule has 0 bridgehead atoms. The molecule has 14 heavy (non-hydrogen) atoms. The van der Waals surface area contributed by atoms with Crippen molar-refractivity contribution in [3.05, 3.63) is 23.8 Å². The van der Waals surface area contributed by atoms with Gasteiger partial charge in [-0.15, -0.1) is 0 Å². The third-order valence-electron chi connectivity index (χ3n) is 1.93. The molecule has 0 aliphatic rings. The molecule has 0 spiro atoms. The Morgan fingerprint density at radius 2 is 1.93 bits per heavy atom. The molecule has 5 heteroatoms. The van der Waals surface area contributed by atoms with Crippen molar-refractivity contribution in [2.24, 2.45) is 5.14 Å². The molecular weight excluding hydrogens is 202 g/mol. The van der Waals surface area contributed by atoms with Gasteiger partial charge in [0.25, 0.3) is 0 Å².